The predicted molar refractivity (Wildman–Crippen MR) is 103 cm³/mol. The molecule has 1 amide bonds. The van der Waals surface area contributed by atoms with Crippen LogP contribution in [0.4, 0.5) is 16.3 Å². The van der Waals surface area contributed by atoms with Crippen molar-refractivity contribution in [2.24, 2.45) is 0 Å². The molecule has 1 saturated carbocycles. The molecule has 0 spiro atoms. The number of alkyl carbamates (subject to hydrolysis) is 1. The molecular weight excluding hydrogens is 344 g/mol. The number of aromatic amines is 1. The molecule has 2 heterocycles. The minimum absolute atomic E-state index is 0.0347. The molecule has 27 heavy (non-hydrogen) atoms. The Morgan fingerprint density at radius 2 is 2.07 bits per heavy atom. The molecule has 0 radical (unpaired) electrons. The largest absolute Gasteiger partial charge is 0.491 e. The maximum atomic E-state index is 12.0. The van der Waals surface area contributed by atoms with Gasteiger partial charge < -0.3 is 20.1 Å². The molecule has 1 aliphatic carbocycles. The standard InChI is InChI=1S/C20H26N4O3/c1-13-4-3-9-21-20(25)27-17-8-7-14(10-17)18-12-19(24-23-18)22-15-5-2-6-16(11-15)26-13/h2,5-6,11-14,17H,3-4,7-10H2,1H3,(H,21,25)(H2,22,23,24)/t13-,14-,17+/m0/s1. The highest BCUT2D eigenvalue weighted by Crippen LogP contribution is 2.36. The number of amides is 1. The molecule has 1 fully saturated rings. The van der Waals surface area contributed by atoms with Crippen LogP contribution in [0.3, 0.4) is 0 Å². The number of nitrogens with zero attached hydrogens (tertiary/aromatic N) is 1. The van der Waals surface area contributed by atoms with E-state index in [0.717, 1.165) is 55.1 Å². The van der Waals surface area contributed by atoms with Crippen LogP contribution >= 0.6 is 0 Å². The van der Waals surface area contributed by atoms with E-state index in [4.69, 9.17) is 9.47 Å². The van der Waals surface area contributed by atoms with Crippen molar-refractivity contribution in [3.05, 3.63) is 36.0 Å². The highest BCUT2D eigenvalue weighted by atomic mass is 16.6. The fraction of sp³-hybridized carbons (Fsp3) is 0.500. The van der Waals surface area contributed by atoms with Crippen LogP contribution in [0.1, 0.15) is 50.6 Å². The fourth-order valence-corrected chi connectivity index (χ4v) is 3.80. The van der Waals surface area contributed by atoms with Gasteiger partial charge in [-0.2, -0.15) is 5.10 Å². The molecule has 1 aromatic carbocycles. The first-order valence-corrected chi connectivity index (χ1v) is 9.69. The minimum Gasteiger partial charge on any atom is -0.491 e. The summed E-state index contributed by atoms with van der Waals surface area (Å²) < 4.78 is 11.6. The molecule has 3 N–H and O–H groups in total. The maximum Gasteiger partial charge on any atom is 0.407 e. The van der Waals surface area contributed by atoms with E-state index in [-0.39, 0.29) is 18.3 Å². The number of aromatic nitrogens is 2. The van der Waals surface area contributed by atoms with Crippen molar-refractivity contribution in [2.45, 2.75) is 57.2 Å². The van der Waals surface area contributed by atoms with Crippen LogP contribution in [-0.4, -0.2) is 35.0 Å². The van der Waals surface area contributed by atoms with Crippen LogP contribution < -0.4 is 15.4 Å². The van der Waals surface area contributed by atoms with Crippen LogP contribution in [0.15, 0.2) is 30.3 Å². The van der Waals surface area contributed by atoms with Crippen LogP contribution in [0, 0.1) is 0 Å². The van der Waals surface area contributed by atoms with Gasteiger partial charge in [-0.05, 0) is 51.2 Å². The Balaban J connectivity index is 1.53. The van der Waals surface area contributed by atoms with Crippen molar-refractivity contribution in [3.63, 3.8) is 0 Å². The Morgan fingerprint density at radius 1 is 1.15 bits per heavy atom. The maximum absolute atomic E-state index is 12.0. The average Bonchev–Trinajstić information content (AvgIpc) is 3.28. The minimum atomic E-state index is -0.324. The summed E-state index contributed by atoms with van der Waals surface area (Å²) in [4.78, 5) is 12.0. The Hall–Kier alpha value is -2.70. The lowest BCUT2D eigenvalue weighted by atomic mass is 10.0. The number of rotatable bonds is 0. The van der Waals surface area contributed by atoms with Crippen molar-refractivity contribution in [1.29, 1.82) is 0 Å². The van der Waals surface area contributed by atoms with Crippen LogP contribution in [0.5, 0.6) is 5.75 Å². The second-order valence-corrected chi connectivity index (χ2v) is 7.40. The van der Waals surface area contributed by atoms with Crippen LogP contribution in [0.2, 0.25) is 0 Å². The van der Waals surface area contributed by atoms with E-state index < -0.39 is 0 Å². The zero-order valence-electron chi connectivity index (χ0n) is 15.5. The number of hydrogen-bond donors (Lipinski definition) is 3. The Labute approximate surface area is 158 Å². The van der Waals surface area contributed by atoms with Gasteiger partial charge in [-0.1, -0.05) is 6.07 Å². The highest BCUT2D eigenvalue weighted by molar-refractivity contribution is 5.67. The summed E-state index contributed by atoms with van der Waals surface area (Å²) in [6, 6.07) is 9.93. The van der Waals surface area contributed by atoms with Gasteiger partial charge in [0, 0.05) is 36.0 Å². The fourth-order valence-electron chi connectivity index (χ4n) is 3.80. The van der Waals surface area contributed by atoms with Gasteiger partial charge in [0.05, 0.1) is 6.10 Å². The molecule has 0 unspecified atom stereocenters. The molecule has 3 atom stereocenters. The van der Waals surface area contributed by atoms with Gasteiger partial charge >= 0.3 is 6.09 Å². The van der Waals surface area contributed by atoms with Gasteiger partial charge in [0.2, 0.25) is 0 Å². The summed E-state index contributed by atoms with van der Waals surface area (Å²) in [5.41, 5.74) is 2.02. The molecule has 7 nitrogen and oxygen atoms in total. The van der Waals surface area contributed by atoms with Crippen LogP contribution in [-0.2, 0) is 4.74 Å². The normalized spacial score (nSPS) is 26.0. The summed E-state index contributed by atoms with van der Waals surface area (Å²) in [7, 11) is 0. The van der Waals surface area contributed by atoms with Crippen molar-refractivity contribution >= 4 is 17.6 Å². The molecule has 0 saturated heterocycles. The highest BCUT2D eigenvalue weighted by Gasteiger charge is 2.30. The van der Waals surface area contributed by atoms with Gasteiger partial charge in [-0.3, -0.25) is 5.10 Å². The number of nitrogens with one attached hydrogen (secondary N) is 3. The first-order chi connectivity index (χ1) is 13.2. The zero-order chi connectivity index (χ0) is 18.6. The second kappa shape index (κ2) is 7.90. The lowest BCUT2D eigenvalue weighted by Crippen LogP contribution is -2.29. The van der Waals surface area contributed by atoms with Gasteiger partial charge in [0.15, 0.2) is 5.82 Å². The number of ether oxygens (including phenoxy) is 2. The number of carbonyl (C=O) groups excluding carboxylic acids is 1. The second-order valence-electron chi connectivity index (χ2n) is 7.40. The first-order valence-electron chi connectivity index (χ1n) is 9.69. The average molecular weight is 370 g/mol. The number of benzene rings is 1. The number of hydrogen-bond acceptors (Lipinski definition) is 5. The molecule has 2 aromatic rings. The first kappa shape index (κ1) is 17.7. The van der Waals surface area contributed by atoms with Crippen molar-refractivity contribution in [2.75, 3.05) is 11.9 Å². The topological polar surface area (TPSA) is 88.3 Å². The lowest BCUT2D eigenvalue weighted by molar-refractivity contribution is 0.0996. The number of anilines is 2. The number of carbonyl (C=O) groups is 1. The van der Waals surface area contributed by atoms with Crippen molar-refractivity contribution < 1.29 is 14.3 Å². The summed E-state index contributed by atoms with van der Waals surface area (Å²) in [5.74, 6) is 1.93. The lowest BCUT2D eigenvalue weighted by Gasteiger charge is -2.16. The SMILES string of the molecule is C[C@H]1CCCNC(=O)O[C@@H]2CC[C@@H](C2)c2cc(n[nH]2)Nc2cccc(c2)O1. The van der Waals surface area contributed by atoms with E-state index in [1.807, 2.05) is 37.3 Å². The molecule has 6 bridgehead atoms. The summed E-state index contributed by atoms with van der Waals surface area (Å²) >= 11 is 0. The molecule has 144 valence electrons. The van der Waals surface area contributed by atoms with E-state index in [2.05, 4.69) is 20.8 Å². The van der Waals surface area contributed by atoms with Crippen LogP contribution in [0.25, 0.3) is 0 Å². The molecule has 2 aliphatic rings. The number of H-pyrrole nitrogens is 1. The van der Waals surface area contributed by atoms with E-state index in [1.54, 1.807) is 0 Å². The Bertz CT molecular complexity index is 791. The van der Waals surface area contributed by atoms with Gasteiger partial charge in [0.25, 0.3) is 0 Å². The molecule has 4 rings (SSSR count). The molecular formula is C20H26N4O3. The summed E-state index contributed by atoms with van der Waals surface area (Å²) in [6.07, 6.45) is 4.09. The molecule has 7 heteroatoms. The smallest absolute Gasteiger partial charge is 0.407 e. The van der Waals surface area contributed by atoms with Gasteiger partial charge in [-0.25, -0.2) is 4.79 Å². The van der Waals surface area contributed by atoms with Gasteiger partial charge in [0.1, 0.15) is 11.9 Å². The van der Waals surface area contributed by atoms with Crippen molar-refractivity contribution in [1.82, 2.24) is 15.5 Å². The van der Waals surface area contributed by atoms with Gasteiger partial charge in [-0.15, -0.1) is 0 Å². The summed E-state index contributed by atoms with van der Waals surface area (Å²) in [6.45, 7) is 2.63. The predicted octanol–water partition coefficient (Wildman–Crippen LogP) is 4.08. The number of fused-ring (bicyclic) bond motifs is 7. The van der Waals surface area contributed by atoms with E-state index in [9.17, 15) is 4.79 Å². The molecule has 1 aromatic heterocycles. The Kier molecular flexibility index (Phi) is 5.18. The third-order valence-corrected chi connectivity index (χ3v) is 5.20. The monoisotopic (exact) mass is 370 g/mol. The Morgan fingerprint density at radius 3 is 3.00 bits per heavy atom. The third kappa shape index (κ3) is 4.53. The van der Waals surface area contributed by atoms with E-state index in [0.29, 0.717) is 12.5 Å². The van der Waals surface area contributed by atoms with Crippen molar-refractivity contribution in [3.8, 4) is 5.75 Å². The van der Waals surface area contributed by atoms with E-state index in [1.165, 1.54) is 0 Å². The molecule has 1 aliphatic heterocycles. The zero-order valence-corrected chi connectivity index (χ0v) is 15.5. The quantitative estimate of drug-likeness (QED) is 0.650. The third-order valence-electron chi connectivity index (χ3n) is 5.20. The van der Waals surface area contributed by atoms with E-state index >= 15 is 0 Å². The summed E-state index contributed by atoms with van der Waals surface area (Å²) in [5, 5.41) is 13.7.